The van der Waals surface area contributed by atoms with Crippen LogP contribution in [0, 0.1) is 11.6 Å². The Morgan fingerprint density at radius 2 is 1.77 bits per heavy atom. The van der Waals surface area contributed by atoms with Crippen molar-refractivity contribution in [2.75, 3.05) is 31.8 Å². The molecule has 0 radical (unpaired) electrons. The summed E-state index contributed by atoms with van der Waals surface area (Å²) in [6, 6.07) is 16.7. The lowest BCUT2D eigenvalue weighted by Gasteiger charge is -2.20. The summed E-state index contributed by atoms with van der Waals surface area (Å²) in [5, 5.41) is 3.49. The number of benzene rings is 3. The number of sulfonamides is 1. The van der Waals surface area contributed by atoms with E-state index in [2.05, 4.69) is 15.3 Å². The second-order valence-electron chi connectivity index (χ2n) is 9.88. The number of hydrogen-bond donors (Lipinski definition) is 1. The number of ether oxygens (including phenoxy) is 1. The fourth-order valence-corrected chi connectivity index (χ4v) is 6.32. The van der Waals surface area contributed by atoms with Crippen molar-refractivity contribution in [2.24, 2.45) is 0 Å². The van der Waals surface area contributed by atoms with Gasteiger partial charge in [0.1, 0.15) is 33.5 Å². The molecule has 9 nitrogen and oxygen atoms in total. The van der Waals surface area contributed by atoms with Gasteiger partial charge in [-0.25, -0.2) is 27.2 Å². The number of fused-ring (bicyclic) bond motifs is 2. The van der Waals surface area contributed by atoms with E-state index in [0.29, 0.717) is 37.5 Å². The SMILES string of the molecule is CNC(=O)c1c(-c2ccc(F)cc2)oc2cc(N(C)S(C)(=O)=O)c(-c3cc(-c4nc5c(F)cccc5s4)cc(OC)n3)cc12. The fraction of sp³-hybridized carbons (Fsp3) is 0.129. The van der Waals surface area contributed by atoms with Crippen molar-refractivity contribution in [2.45, 2.75) is 0 Å². The zero-order valence-corrected chi connectivity index (χ0v) is 25.4. The minimum atomic E-state index is -3.78. The van der Waals surface area contributed by atoms with E-state index in [0.717, 1.165) is 10.6 Å². The molecular formula is C31H24F2N4O5S2. The third kappa shape index (κ3) is 5.13. The summed E-state index contributed by atoms with van der Waals surface area (Å²) in [4.78, 5) is 22.3. The Hall–Kier alpha value is -4.88. The van der Waals surface area contributed by atoms with Crippen LogP contribution in [0.3, 0.4) is 0 Å². The largest absolute Gasteiger partial charge is 0.481 e. The van der Waals surface area contributed by atoms with Crippen molar-refractivity contribution in [1.29, 1.82) is 0 Å². The molecular weight excluding hydrogens is 610 g/mol. The summed E-state index contributed by atoms with van der Waals surface area (Å²) in [7, 11) is 0.524. The first kappa shape index (κ1) is 29.2. The van der Waals surface area contributed by atoms with Gasteiger partial charge in [0, 0.05) is 48.3 Å². The number of rotatable bonds is 7. The molecule has 224 valence electrons. The summed E-state index contributed by atoms with van der Waals surface area (Å²) in [6.07, 6.45) is 1.06. The maximum absolute atomic E-state index is 14.5. The summed E-state index contributed by atoms with van der Waals surface area (Å²) in [5.41, 5.74) is 2.50. The Morgan fingerprint density at radius 3 is 2.43 bits per heavy atom. The van der Waals surface area contributed by atoms with E-state index in [9.17, 15) is 22.0 Å². The van der Waals surface area contributed by atoms with Gasteiger partial charge in [-0.2, -0.15) is 0 Å². The van der Waals surface area contributed by atoms with Crippen LogP contribution in [0.5, 0.6) is 5.88 Å². The van der Waals surface area contributed by atoms with Crippen LogP contribution in [0.25, 0.3) is 54.3 Å². The first-order valence-electron chi connectivity index (χ1n) is 13.1. The molecule has 0 saturated carbocycles. The van der Waals surface area contributed by atoms with Crippen LogP contribution in [0.15, 0.2) is 71.1 Å². The van der Waals surface area contributed by atoms with Gasteiger partial charge in [-0.3, -0.25) is 9.10 Å². The number of thiazole rings is 1. The molecule has 6 aromatic rings. The lowest BCUT2D eigenvalue weighted by Crippen LogP contribution is -2.25. The van der Waals surface area contributed by atoms with Crippen molar-refractivity contribution in [3.05, 3.63) is 83.9 Å². The highest BCUT2D eigenvalue weighted by molar-refractivity contribution is 7.92. The maximum atomic E-state index is 14.5. The lowest BCUT2D eigenvalue weighted by molar-refractivity contribution is 0.0964. The summed E-state index contributed by atoms with van der Waals surface area (Å²) in [6.45, 7) is 0. The molecule has 0 atom stereocenters. The first-order chi connectivity index (χ1) is 21.0. The van der Waals surface area contributed by atoms with E-state index >= 15 is 0 Å². The molecule has 0 unspecified atom stereocenters. The first-order valence-corrected chi connectivity index (χ1v) is 15.8. The number of nitrogens with zero attached hydrogens (tertiary/aromatic N) is 3. The molecule has 0 spiro atoms. The predicted molar refractivity (Wildman–Crippen MR) is 167 cm³/mol. The van der Waals surface area contributed by atoms with Crippen LogP contribution in [-0.4, -0.2) is 51.8 Å². The maximum Gasteiger partial charge on any atom is 0.255 e. The molecule has 0 aliphatic carbocycles. The van der Waals surface area contributed by atoms with Gasteiger partial charge >= 0.3 is 0 Å². The molecule has 13 heteroatoms. The number of para-hydroxylation sites is 1. The number of methoxy groups -OCH3 is 1. The van der Waals surface area contributed by atoms with Gasteiger partial charge in [-0.15, -0.1) is 11.3 Å². The number of hydrogen-bond acceptors (Lipinski definition) is 8. The summed E-state index contributed by atoms with van der Waals surface area (Å²) in [5.74, 6) is -0.987. The molecule has 0 saturated heterocycles. The van der Waals surface area contributed by atoms with Crippen molar-refractivity contribution >= 4 is 54.1 Å². The van der Waals surface area contributed by atoms with Gasteiger partial charge in [0.05, 0.1) is 35.0 Å². The van der Waals surface area contributed by atoms with Crippen molar-refractivity contribution in [3.63, 3.8) is 0 Å². The number of nitrogens with one attached hydrogen (secondary N) is 1. The Morgan fingerprint density at radius 1 is 1.02 bits per heavy atom. The Bertz CT molecular complexity index is 2200. The monoisotopic (exact) mass is 634 g/mol. The fourth-order valence-electron chi connectivity index (χ4n) is 4.84. The van der Waals surface area contributed by atoms with E-state index in [1.54, 1.807) is 30.3 Å². The van der Waals surface area contributed by atoms with Crippen LogP contribution in [0.1, 0.15) is 10.4 Å². The minimum absolute atomic E-state index is 0.175. The van der Waals surface area contributed by atoms with Crippen LogP contribution >= 0.6 is 11.3 Å². The number of pyridine rings is 1. The molecule has 0 bridgehead atoms. The number of halogens is 2. The van der Waals surface area contributed by atoms with E-state index < -0.39 is 27.6 Å². The van der Waals surface area contributed by atoms with Gasteiger partial charge in [0.25, 0.3) is 5.91 Å². The topological polar surface area (TPSA) is 115 Å². The Balaban J connectivity index is 1.65. The van der Waals surface area contributed by atoms with Crippen LogP contribution in [0.4, 0.5) is 14.5 Å². The van der Waals surface area contributed by atoms with Crippen molar-refractivity contribution in [1.82, 2.24) is 15.3 Å². The van der Waals surface area contributed by atoms with Crippen LogP contribution in [-0.2, 0) is 10.0 Å². The standard InChI is InChI=1S/C31H24F2N4O5S2/c1-34-30(38)27-20-14-19(22-12-17(13-26(35-22)41-3)31-36-28-21(33)6-5-7-25(28)43-31)23(37(2)44(4,39)40)15-24(20)42-29(27)16-8-10-18(32)11-9-16/h5-15H,1-4H3,(H,34,38). The van der Waals surface area contributed by atoms with Gasteiger partial charge in [0.15, 0.2) is 0 Å². The second-order valence-corrected chi connectivity index (χ2v) is 12.9. The highest BCUT2D eigenvalue weighted by atomic mass is 32.2. The molecule has 0 fully saturated rings. The summed E-state index contributed by atoms with van der Waals surface area (Å²) >= 11 is 1.28. The molecule has 44 heavy (non-hydrogen) atoms. The zero-order chi connectivity index (χ0) is 31.3. The average molecular weight is 635 g/mol. The minimum Gasteiger partial charge on any atom is -0.481 e. The Kier molecular flexibility index (Phi) is 7.30. The lowest BCUT2D eigenvalue weighted by atomic mass is 10.00. The van der Waals surface area contributed by atoms with E-state index in [4.69, 9.17) is 9.15 Å². The smallest absolute Gasteiger partial charge is 0.255 e. The zero-order valence-electron chi connectivity index (χ0n) is 23.8. The molecule has 6 rings (SSSR count). The van der Waals surface area contributed by atoms with Gasteiger partial charge in [-0.05, 0) is 48.5 Å². The van der Waals surface area contributed by atoms with Gasteiger partial charge < -0.3 is 14.5 Å². The molecule has 3 heterocycles. The highest BCUT2D eigenvalue weighted by Gasteiger charge is 2.27. The quantitative estimate of drug-likeness (QED) is 0.214. The number of furan rings is 1. The number of carbonyl (C=O) groups excluding carboxylic acids is 1. The second kappa shape index (κ2) is 11.0. The van der Waals surface area contributed by atoms with E-state index in [-0.39, 0.29) is 34.0 Å². The highest BCUT2D eigenvalue weighted by Crippen LogP contribution is 2.42. The van der Waals surface area contributed by atoms with Crippen LogP contribution < -0.4 is 14.4 Å². The van der Waals surface area contributed by atoms with Crippen LogP contribution in [0.2, 0.25) is 0 Å². The van der Waals surface area contributed by atoms with Gasteiger partial charge in [-0.1, -0.05) is 6.07 Å². The molecule has 1 N–H and O–H groups in total. The third-order valence-corrected chi connectivity index (χ3v) is 9.37. The summed E-state index contributed by atoms with van der Waals surface area (Å²) < 4.78 is 67.1. The number of anilines is 1. The molecule has 0 aliphatic heterocycles. The predicted octanol–water partition coefficient (Wildman–Crippen LogP) is 6.48. The van der Waals surface area contributed by atoms with E-state index in [1.165, 1.54) is 68.9 Å². The number of carbonyl (C=O) groups is 1. The molecule has 3 aromatic carbocycles. The van der Waals surface area contributed by atoms with Crippen molar-refractivity contribution < 1.29 is 31.1 Å². The third-order valence-electron chi connectivity index (χ3n) is 7.11. The Labute approximate surface area is 254 Å². The molecule has 3 aromatic heterocycles. The van der Waals surface area contributed by atoms with Crippen molar-refractivity contribution in [3.8, 4) is 39.0 Å². The normalized spacial score (nSPS) is 11.7. The molecule has 1 amide bonds. The average Bonchev–Trinajstić information content (AvgIpc) is 3.62. The molecule has 0 aliphatic rings. The number of aromatic nitrogens is 2. The van der Waals surface area contributed by atoms with E-state index in [1.807, 2.05) is 0 Å². The van der Waals surface area contributed by atoms with Gasteiger partial charge in [0.2, 0.25) is 15.9 Å². The number of amides is 1.